The predicted octanol–water partition coefficient (Wildman–Crippen LogP) is 3.60. The number of aromatic nitrogens is 4. The van der Waals surface area contributed by atoms with Crippen LogP contribution in [-0.2, 0) is 13.1 Å². The Morgan fingerprint density at radius 1 is 1.00 bits per heavy atom. The molecule has 0 amide bonds. The van der Waals surface area contributed by atoms with Gasteiger partial charge in [0.1, 0.15) is 5.75 Å². The molecular formula is C21H21N5O2. The standard InChI is InChI=1S/C21H21N5O2/c1-13-8-9-15-17(10-13)23-21(16-6-4-5-7-19(16)27-3)24-18(15)11-22-12-20-26-25-14(2)28-20/h4-10,22H,11-12H2,1-3H3. The first-order valence-electron chi connectivity index (χ1n) is 9.04. The maximum Gasteiger partial charge on any atom is 0.230 e. The molecule has 4 rings (SSSR count). The summed E-state index contributed by atoms with van der Waals surface area (Å²) in [6.45, 7) is 4.85. The van der Waals surface area contributed by atoms with Gasteiger partial charge in [0.25, 0.3) is 0 Å². The van der Waals surface area contributed by atoms with Crippen LogP contribution >= 0.6 is 0 Å². The molecule has 142 valence electrons. The number of nitrogens with one attached hydrogen (secondary N) is 1. The maximum absolute atomic E-state index is 5.49. The minimum Gasteiger partial charge on any atom is -0.496 e. The molecule has 2 heterocycles. The molecule has 1 N–H and O–H groups in total. The molecule has 7 nitrogen and oxygen atoms in total. The largest absolute Gasteiger partial charge is 0.496 e. The summed E-state index contributed by atoms with van der Waals surface area (Å²) in [5.74, 6) is 2.49. The van der Waals surface area contributed by atoms with Crippen molar-refractivity contribution in [3.63, 3.8) is 0 Å². The van der Waals surface area contributed by atoms with Crippen molar-refractivity contribution in [2.24, 2.45) is 0 Å². The molecule has 0 saturated carbocycles. The van der Waals surface area contributed by atoms with Crippen LogP contribution in [0.15, 0.2) is 46.9 Å². The van der Waals surface area contributed by atoms with Crippen molar-refractivity contribution in [3.8, 4) is 17.1 Å². The molecule has 0 atom stereocenters. The van der Waals surface area contributed by atoms with E-state index in [1.54, 1.807) is 14.0 Å². The van der Waals surface area contributed by atoms with Gasteiger partial charge in [0.05, 0.1) is 30.4 Å². The van der Waals surface area contributed by atoms with Gasteiger partial charge in [-0.15, -0.1) is 10.2 Å². The summed E-state index contributed by atoms with van der Waals surface area (Å²) in [6, 6.07) is 14.0. The van der Waals surface area contributed by atoms with Crippen molar-refractivity contribution in [2.45, 2.75) is 26.9 Å². The van der Waals surface area contributed by atoms with E-state index in [-0.39, 0.29) is 0 Å². The molecule has 28 heavy (non-hydrogen) atoms. The molecule has 2 aromatic carbocycles. The average Bonchev–Trinajstić information content (AvgIpc) is 3.12. The van der Waals surface area contributed by atoms with Gasteiger partial charge in [-0.3, -0.25) is 0 Å². The van der Waals surface area contributed by atoms with Gasteiger partial charge < -0.3 is 14.5 Å². The van der Waals surface area contributed by atoms with Crippen molar-refractivity contribution >= 4 is 10.9 Å². The highest BCUT2D eigenvalue weighted by molar-refractivity contribution is 5.84. The van der Waals surface area contributed by atoms with Crippen LogP contribution in [0.4, 0.5) is 0 Å². The smallest absolute Gasteiger partial charge is 0.230 e. The predicted molar refractivity (Wildman–Crippen MR) is 106 cm³/mol. The lowest BCUT2D eigenvalue weighted by Gasteiger charge is -2.12. The first-order valence-corrected chi connectivity index (χ1v) is 9.04. The van der Waals surface area contributed by atoms with Gasteiger partial charge in [0, 0.05) is 18.9 Å². The number of para-hydroxylation sites is 1. The van der Waals surface area contributed by atoms with Crippen LogP contribution in [0.3, 0.4) is 0 Å². The molecule has 0 aliphatic rings. The fourth-order valence-corrected chi connectivity index (χ4v) is 3.09. The number of aryl methyl sites for hydroxylation is 2. The van der Waals surface area contributed by atoms with Crippen LogP contribution < -0.4 is 10.1 Å². The molecule has 0 saturated heterocycles. The number of hydrogen-bond donors (Lipinski definition) is 1. The maximum atomic E-state index is 5.49. The summed E-state index contributed by atoms with van der Waals surface area (Å²) in [6.07, 6.45) is 0. The van der Waals surface area contributed by atoms with Gasteiger partial charge >= 0.3 is 0 Å². The van der Waals surface area contributed by atoms with E-state index in [1.165, 1.54) is 0 Å². The molecule has 2 aromatic heterocycles. The van der Waals surface area contributed by atoms with Gasteiger partial charge in [-0.25, -0.2) is 9.97 Å². The van der Waals surface area contributed by atoms with Gasteiger partial charge in [-0.05, 0) is 30.7 Å². The Bertz CT molecular complexity index is 1120. The SMILES string of the molecule is COc1ccccc1-c1nc(CNCc2nnc(C)o2)c2ccc(C)cc2n1. The minimum absolute atomic E-state index is 0.474. The van der Waals surface area contributed by atoms with Crippen molar-refractivity contribution in [1.29, 1.82) is 0 Å². The van der Waals surface area contributed by atoms with E-state index < -0.39 is 0 Å². The molecule has 4 aromatic rings. The van der Waals surface area contributed by atoms with E-state index in [0.717, 1.165) is 33.5 Å². The summed E-state index contributed by atoms with van der Waals surface area (Å²) in [5.41, 5.74) is 3.82. The van der Waals surface area contributed by atoms with E-state index in [4.69, 9.17) is 19.1 Å². The number of rotatable bonds is 6. The van der Waals surface area contributed by atoms with Crippen molar-refractivity contribution < 1.29 is 9.15 Å². The number of methoxy groups -OCH3 is 1. The topological polar surface area (TPSA) is 86.0 Å². The highest BCUT2D eigenvalue weighted by Gasteiger charge is 2.13. The minimum atomic E-state index is 0.474. The average molecular weight is 375 g/mol. The Hall–Kier alpha value is -3.32. The Labute approximate surface area is 162 Å². The second-order valence-electron chi connectivity index (χ2n) is 6.53. The molecule has 0 unspecified atom stereocenters. The fraction of sp³-hybridized carbons (Fsp3) is 0.238. The van der Waals surface area contributed by atoms with Crippen LogP contribution in [0, 0.1) is 13.8 Å². The second kappa shape index (κ2) is 7.74. The van der Waals surface area contributed by atoms with E-state index in [0.29, 0.717) is 30.7 Å². The Balaban J connectivity index is 1.71. The van der Waals surface area contributed by atoms with E-state index in [9.17, 15) is 0 Å². The highest BCUT2D eigenvalue weighted by atomic mass is 16.5. The quantitative estimate of drug-likeness (QED) is 0.551. The van der Waals surface area contributed by atoms with Crippen molar-refractivity contribution in [2.75, 3.05) is 7.11 Å². The van der Waals surface area contributed by atoms with Crippen LogP contribution in [-0.4, -0.2) is 27.3 Å². The van der Waals surface area contributed by atoms with Crippen LogP contribution in [0.5, 0.6) is 5.75 Å². The van der Waals surface area contributed by atoms with Crippen LogP contribution in [0.1, 0.15) is 23.0 Å². The second-order valence-corrected chi connectivity index (χ2v) is 6.53. The zero-order valence-electron chi connectivity index (χ0n) is 16.1. The third-order valence-corrected chi connectivity index (χ3v) is 4.42. The third-order valence-electron chi connectivity index (χ3n) is 4.42. The Morgan fingerprint density at radius 3 is 2.64 bits per heavy atom. The Morgan fingerprint density at radius 2 is 1.86 bits per heavy atom. The molecule has 0 bridgehead atoms. The zero-order valence-corrected chi connectivity index (χ0v) is 16.1. The number of nitrogens with zero attached hydrogens (tertiary/aromatic N) is 4. The van der Waals surface area contributed by atoms with Gasteiger partial charge in [-0.1, -0.05) is 24.3 Å². The number of benzene rings is 2. The van der Waals surface area contributed by atoms with E-state index >= 15 is 0 Å². The number of hydrogen-bond acceptors (Lipinski definition) is 7. The summed E-state index contributed by atoms with van der Waals surface area (Å²) in [5, 5.41) is 12.2. The summed E-state index contributed by atoms with van der Waals surface area (Å²) in [7, 11) is 1.65. The summed E-state index contributed by atoms with van der Waals surface area (Å²) in [4.78, 5) is 9.61. The third kappa shape index (κ3) is 3.70. The molecule has 0 fully saturated rings. The molecule has 7 heteroatoms. The molecule has 0 spiro atoms. The molecule has 0 radical (unpaired) electrons. The first-order chi connectivity index (χ1) is 13.6. The first kappa shape index (κ1) is 18.1. The van der Waals surface area contributed by atoms with Gasteiger partial charge in [-0.2, -0.15) is 0 Å². The van der Waals surface area contributed by atoms with Crippen LogP contribution in [0.2, 0.25) is 0 Å². The zero-order chi connectivity index (χ0) is 19.5. The van der Waals surface area contributed by atoms with E-state index in [1.807, 2.05) is 24.3 Å². The Kier molecular flexibility index (Phi) is 4.99. The normalized spacial score (nSPS) is 11.1. The summed E-state index contributed by atoms with van der Waals surface area (Å²) >= 11 is 0. The lowest BCUT2D eigenvalue weighted by molar-refractivity contribution is 0.416. The molecular weight excluding hydrogens is 354 g/mol. The monoisotopic (exact) mass is 375 g/mol. The number of fused-ring (bicyclic) bond motifs is 1. The van der Waals surface area contributed by atoms with Crippen molar-refractivity contribution in [1.82, 2.24) is 25.5 Å². The highest BCUT2D eigenvalue weighted by Crippen LogP contribution is 2.29. The number of ether oxygens (including phenoxy) is 1. The van der Waals surface area contributed by atoms with Gasteiger partial charge in [0.2, 0.25) is 11.8 Å². The molecule has 0 aliphatic heterocycles. The van der Waals surface area contributed by atoms with E-state index in [2.05, 4.69) is 40.6 Å². The fourth-order valence-electron chi connectivity index (χ4n) is 3.09. The van der Waals surface area contributed by atoms with Crippen molar-refractivity contribution in [3.05, 3.63) is 65.5 Å². The molecule has 0 aliphatic carbocycles. The summed E-state index contributed by atoms with van der Waals surface area (Å²) < 4.78 is 10.9. The lowest BCUT2D eigenvalue weighted by Crippen LogP contribution is -2.15. The van der Waals surface area contributed by atoms with Crippen LogP contribution in [0.25, 0.3) is 22.3 Å². The van der Waals surface area contributed by atoms with Gasteiger partial charge in [0.15, 0.2) is 5.82 Å². The lowest BCUT2D eigenvalue weighted by atomic mass is 10.1.